The summed E-state index contributed by atoms with van der Waals surface area (Å²) in [6, 6.07) is 37.1. The largest absolute Gasteiger partial charge is 0.278 e. The highest BCUT2D eigenvalue weighted by molar-refractivity contribution is 6.68. The maximum absolute atomic E-state index is 6.60. The first-order valence-corrected chi connectivity index (χ1v) is 15.1. The van der Waals surface area contributed by atoms with Crippen LogP contribution in [0.4, 0.5) is 17.3 Å². The molecule has 5 nitrogen and oxygen atoms in total. The van der Waals surface area contributed by atoms with Crippen molar-refractivity contribution in [2.45, 2.75) is 0 Å². The average Bonchev–Trinajstić information content (AvgIpc) is 3.45. The van der Waals surface area contributed by atoms with E-state index in [1.54, 1.807) is 0 Å². The van der Waals surface area contributed by atoms with Gasteiger partial charge in [0.1, 0.15) is 39.2 Å². The monoisotopic (exact) mass is 587 g/mol. The summed E-state index contributed by atoms with van der Waals surface area (Å²) < 4.78 is 2.03. The molecule has 10 radical (unpaired) electrons. The van der Waals surface area contributed by atoms with E-state index in [1.807, 2.05) is 59.2 Å². The lowest BCUT2D eigenvalue weighted by atomic mass is 9.60. The number of aromatic nitrogens is 4. The highest BCUT2D eigenvalue weighted by Crippen LogP contribution is 2.50. The summed E-state index contributed by atoms with van der Waals surface area (Å²) in [6.07, 6.45) is 0. The Morgan fingerprint density at radius 1 is 0.447 bits per heavy atom. The van der Waals surface area contributed by atoms with Gasteiger partial charge in [-0.2, -0.15) is 15.0 Å². The zero-order chi connectivity index (χ0) is 32.0. The first kappa shape index (κ1) is 27.8. The van der Waals surface area contributed by atoms with Crippen molar-refractivity contribution in [3.8, 4) is 28.5 Å². The Morgan fingerprint density at radius 2 is 0.979 bits per heavy atom. The van der Waals surface area contributed by atoms with Crippen LogP contribution in [0.25, 0.3) is 61.0 Å². The summed E-state index contributed by atoms with van der Waals surface area (Å²) in [7, 11) is 32.1. The minimum Gasteiger partial charge on any atom is -0.278 e. The second-order valence-corrected chi connectivity index (χ2v) is 11.6. The highest BCUT2D eigenvalue weighted by atomic mass is 15.3. The molecule has 3 heterocycles. The van der Waals surface area contributed by atoms with Gasteiger partial charge >= 0.3 is 0 Å². The summed E-state index contributed by atoms with van der Waals surface area (Å²) >= 11 is 0. The third-order valence-electron chi connectivity index (χ3n) is 9.07. The van der Waals surface area contributed by atoms with Crippen molar-refractivity contribution < 1.29 is 0 Å². The Labute approximate surface area is 277 Å². The Balaban J connectivity index is 1.42. The van der Waals surface area contributed by atoms with Gasteiger partial charge in [0.25, 0.3) is 0 Å². The number of nitrogens with zero attached hydrogens (tertiary/aromatic N) is 5. The molecule has 10 heteroatoms. The van der Waals surface area contributed by atoms with E-state index in [4.69, 9.17) is 54.2 Å². The van der Waals surface area contributed by atoms with E-state index in [2.05, 4.69) is 59.5 Å². The average molecular weight is 587 g/mol. The molecule has 9 rings (SSSR count). The van der Waals surface area contributed by atoms with Crippen molar-refractivity contribution in [1.82, 2.24) is 19.5 Å². The lowest BCUT2D eigenvalue weighted by molar-refractivity contribution is 0.934. The highest BCUT2D eigenvalue weighted by Gasteiger charge is 2.29. The number of anilines is 3. The first-order chi connectivity index (χ1) is 22.9. The maximum Gasteiger partial charge on any atom is 0.240 e. The van der Waals surface area contributed by atoms with Crippen molar-refractivity contribution >= 4 is 116 Å². The number of hydrogen-bond acceptors (Lipinski definition) is 4. The number of fused-ring (bicyclic) bond motifs is 5. The second kappa shape index (κ2) is 10.3. The lowest BCUT2D eigenvalue weighted by Crippen LogP contribution is -2.55. The van der Waals surface area contributed by atoms with Gasteiger partial charge in [0.05, 0.1) is 22.4 Å². The van der Waals surface area contributed by atoms with E-state index in [0.717, 1.165) is 55.1 Å². The molecule has 0 atom stereocenters. The van der Waals surface area contributed by atoms with Gasteiger partial charge in [-0.1, -0.05) is 95.9 Å². The molecule has 0 bridgehead atoms. The van der Waals surface area contributed by atoms with Crippen LogP contribution in [0.1, 0.15) is 0 Å². The minimum atomic E-state index is 0.119. The third kappa shape index (κ3) is 3.94. The first-order valence-electron chi connectivity index (χ1n) is 15.1. The molecule has 1 aliphatic rings. The standard InChI is InChI=1S/C37H18B5N5/c38-30-29(31(39)33(41)34(42)32(30)40)35-43-36(46-24-15-4-1-11-20(24)21-12-2-5-16-25(21)46)45-37(44-35)47-26-17-6-3-13-22(26)23-14-7-9-19-10-8-18-27(47)28(19)23/h1-18H. The van der Waals surface area contributed by atoms with Crippen molar-refractivity contribution in [3.63, 3.8) is 0 Å². The zero-order valence-corrected chi connectivity index (χ0v) is 25.0. The number of rotatable bonds is 3. The van der Waals surface area contributed by atoms with Gasteiger partial charge in [0.15, 0.2) is 5.82 Å². The Kier molecular flexibility index (Phi) is 6.07. The van der Waals surface area contributed by atoms with Gasteiger partial charge in [0.2, 0.25) is 11.9 Å². The minimum absolute atomic E-state index is 0.119. The van der Waals surface area contributed by atoms with E-state index < -0.39 is 0 Å². The molecule has 0 saturated carbocycles. The number of hydrogen-bond donors (Lipinski definition) is 0. The molecule has 2 aromatic heterocycles. The topological polar surface area (TPSA) is 46.8 Å². The SMILES string of the molecule is [B]c1c([B])c([B])c(-c2nc(N3c4ccccc4-c4cccc5cccc3c45)nc(-n3c4ccccc4c4ccccc43)n2)c([B])c1[B]. The van der Waals surface area contributed by atoms with Gasteiger partial charge in [-0.05, 0) is 35.2 Å². The fourth-order valence-corrected chi connectivity index (χ4v) is 6.87. The van der Waals surface area contributed by atoms with Crippen LogP contribution in [0.3, 0.4) is 0 Å². The van der Waals surface area contributed by atoms with Gasteiger partial charge < -0.3 is 0 Å². The molecule has 6 aromatic carbocycles. The molecule has 0 aliphatic carbocycles. The van der Waals surface area contributed by atoms with Crippen LogP contribution in [-0.4, -0.2) is 58.8 Å². The molecular formula is C37H18B5N5. The van der Waals surface area contributed by atoms with E-state index >= 15 is 0 Å². The van der Waals surface area contributed by atoms with Crippen LogP contribution in [-0.2, 0) is 0 Å². The van der Waals surface area contributed by atoms with Crippen molar-refractivity contribution in [1.29, 1.82) is 0 Å². The molecule has 0 saturated heterocycles. The van der Waals surface area contributed by atoms with Crippen LogP contribution in [0.15, 0.2) is 109 Å². The van der Waals surface area contributed by atoms with Crippen LogP contribution >= 0.6 is 0 Å². The fraction of sp³-hybridized carbons (Fsp3) is 0. The Bertz CT molecular complexity index is 2530. The van der Waals surface area contributed by atoms with Crippen LogP contribution < -0.4 is 32.2 Å². The predicted octanol–water partition coefficient (Wildman–Crippen LogP) is 3.21. The fourth-order valence-electron chi connectivity index (χ4n) is 6.87. The van der Waals surface area contributed by atoms with Gasteiger partial charge in [-0.25, -0.2) is 0 Å². The summed E-state index contributed by atoms with van der Waals surface area (Å²) in [5.74, 6) is 0.955. The van der Waals surface area contributed by atoms with Crippen molar-refractivity contribution in [2.24, 2.45) is 0 Å². The van der Waals surface area contributed by atoms with Crippen molar-refractivity contribution in [2.75, 3.05) is 4.90 Å². The third-order valence-corrected chi connectivity index (χ3v) is 9.07. The van der Waals surface area contributed by atoms with Gasteiger partial charge in [0, 0.05) is 27.3 Å². The van der Waals surface area contributed by atoms with E-state index in [0.29, 0.717) is 17.5 Å². The molecule has 1 aliphatic heterocycles. The van der Waals surface area contributed by atoms with Gasteiger partial charge in [-0.3, -0.25) is 9.47 Å². The Hall–Kier alpha value is -5.49. The van der Waals surface area contributed by atoms with Crippen LogP contribution in [0.2, 0.25) is 0 Å². The predicted molar refractivity (Wildman–Crippen MR) is 198 cm³/mol. The quantitative estimate of drug-likeness (QED) is 0.299. The molecule has 0 fully saturated rings. The molecular weight excluding hydrogens is 569 g/mol. The van der Waals surface area contributed by atoms with Crippen LogP contribution in [0, 0.1) is 0 Å². The molecule has 206 valence electrons. The zero-order valence-electron chi connectivity index (χ0n) is 25.0. The van der Waals surface area contributed by atoms with Crippen LogP contribution in [0.5, 0.6) is 0 Å². The Morgan fingerprint density at radius 3 is 1.68 bits per heavy atom. The summed E-state index contributed by atoms with van der Waals surface area (Å²) in [5.41, 5.74) is 6.84. The number of benzene rings is 6. The number of para-hydroxylation sites is 3. The van der Waals surface area contributed by atoms with E-state index in [-0.39, 0.29) is 33.1 Å². The molecule has 0 N–H and O–H groups in total. The molecule has 0 spiro atoms. The maximum atomic E-state index is 6.60. The lowest BCUT2D eigenvalue weighted by Gasteiger charge is -2.32. The second-order valence-electron chi connectivity index (χ2n) is 11.6. The van der Waals surface area contributed by atoms with E-state index in [9.17, 15) is 0 Å². The molecule has 0 amide bonds. The molecule has 47 heavy (non-hydrogen) atoms. The summed E-state index contributed by atoms with van der Waals surface area (Å²) in [5, 5.41) is 4.32. The summed E-state index contributed by atoms with van der Waals surface area (Å²) in [6.45, 7) is 0. The summed E-state index contributed by atoms with van der Waals surface area (Å²) in [4.78, 5) is 17.4. The normalized spacial score (nSPS) is 12.2. The molecule has 8 aromatic rings. The molecule has 0 unspecified atom stereocenters. The van der Waals surface area contributed by atoms with Crippen molar-refractivity contribution in [3.05, 3.63) is 109 Å². The smallest absolute Gasteiger partial charge is 0.240 e. The van der Waals surface area contributed by atoms with Gasteiger partial charge in [-0.15, -0.1) is 16.4 Å². The van der Waals surface area contributed by atoms with E-state index in [1.165, 1.54) is 0 Å².